The van der Waals surface area contributed by atoms with Crippen LogP contribution in [0.2, 0.25) is 0 Å². The van der Waals surface area contributed by atoms with Gasteiger partial charge in [-0.1, -0.05) is 13.8 Å². The van der Waals surface area contributed by atoms with Crippen LogP contribution in [0.5, 0.6) is 11.5 Å². The molecule has 6 heteroatoms. The molecule has 0 unspecified atom stereocenters. The highest BCUT2D eigenvalue weighted by Gasteiger charge is 2.80. The molecule has 2 aliphatic heterocycles. The van der Waals surface area contributed by atoms with E-state index in [1.165, 1.54) is 6.42 Å². The van der Waals surface area contributed by atoms with E-state index in [4.69, 9.17) is 20.3 Å². The molecule has 26 heavy (non-hydrogen) atoms. The smallest absolute Gasteiger partial charge is 0.245 e. The van der Waals surface area contributed by atoms with Crippen LogP contribution in [0.25, 0.3) is 0 Å². The van der Waals surface area contributed by atoms with Gasteiger partial charge < -0.3 is 15.2 Å². The maximum absolute atomic E-state index is 12.6. The van der Waals surface area contributed by atoms with Crippen LogP contribution in [-0.4, -0.2) is 42.4 Å². The van der Waals surface area contributed by atoms with Gasteiger partial charge in [-0.15, -0.1) is 0 Å². The first-order valence-electron chi connectivity index (χ1n) is 9.42. The van der Waals surface area contributed by atoms with E-state index in [2.05, 4.69) is 13.8 Å². The number of hydrazone groups is 1. The van der Waals surface area contributed by atoms with Crippen molar-refractivity contribution in [3.8, 4) is 11.5 Å². The van der Waals surface area contributed by atoms with Gasteiger partial charge in [-0.3, -0.25) is 9.80 Å². The number of piperidine rings is 1. The molecule has 2 aliphatic carbocycles. The minimum absolute atomic E-state index is 0.0966. The lowest BCUT2D eigenvalue weighted by molar-refractivity contribution is -0.135. The predicted molar refractivity (Wildman–Crippen MR) is 97.2 cm³/mol. The van der Waals surface area contributed by atoms with Crippen LogP contribution in [0.4, 0.5) is 0 Å². The fraction of sp³-hybridized carbons (Fsp3) is 0.600. The normalized spacial score (nSPS) is 39.8. The SMILES string of the molecule is C[C@@]12CC[C@@H]3C[C@]1(C(N)=O)N(/N=C\c1ccc4c(c1)OCCO4)C[C@]32C. The van der Waals surface area contributed by atoms with Crippen molar-refractivity contribution in [2.45, 2.75) is 38.6 Å². The Labute approximate surface area is 153 Å². The first kappa shape index (κ1) is 16.0. The van der Waals surface area contributed by atoms with Crippen LogP contribution >= 0.6 is 0 Å². The molecule has 3 fully saturated rings. The molecule has 138 valence electrons. The molecule has 1 aromatic rings. The number of primary amides is 1. The van der Waals surface area contributed by atoms with Crippen molar-refractivity contribution in [3.63, 3.8) is 0 Å². The monoisotopic (exact) mass is 355 g/mol. The third kappa shape index (κ3) is 1.68. The number of ether oxygens (including phenoxy) is 2. The zero-order chi connectivity index (χ0) is 18.2. The van der Waals surface area contributed by atoms with E-state index in [1.54, 1.807) is 0 Å². The van der Waals surface area contributed by atoms with Crippen molar-refractivity contribution in [2.75, 3.05) is 19.8 Å². The van der Waals surface area contributed by atoms with Crippen LogP contribution in [0.1, 0.15) is 38.7 Å². The molecular formula is C20H25N3O3. The van der Waals surface area contributed by atoms with Gasteiger partial charge in [0.05, 0.1) is 6.21 Å². The van der Waals surface area contributed by atoms with Crippen molar-refractivity contribution in [1.29, 1.82) is 0 Å². The average molecular weight is 355 g/mol. The molecule has 4 aliphatic rings. The molecule has 2 N–H and O–H groups in total. The molecule has 5 rings (SSSR count). The maximum atomic E-state index is 12.6. The summed E-state index contributed by atoms with van der Waals surface area (Å²) in [5.74, 6) is 1.84. The summed E-state index contributed by atoms with van der Waals surface area (Å²) in [6, 6.07) is 5.79. The fourth-order valence-electron chi connectivity index (χ4n) is 6.16. The summed E-state index contributed by atoms with van der Waals surface area (Å²) in [7, 11) is 0. The van der Waals surface area contributed by atoms with Gasteiger partial charge in [0.2, 0.25) is 5.91 Å². The quantitative estimate of drug-likeness (QED) is 0.843. The molecule has 0 spiro atoms. The van der Waals surface area contributed by atoms with Crippen molar-refractivity contribution < 1.29 is 14.3 Å². The summed E-state index contributed by atoms with van der Waals surface area (Å²) in [5.41, 5.74) is 6.24. The zero-order valence-electron chi connectivity index (χ0n) is 15.3. The Morgan fingerprint density at radius 1 is 1.31 bits per heavy atom. The molecule has 2 saturated carbocycles. The Morgan fingerprint density at radius 3 is 2.81 bits per heavy atom. The first-order chi connectivity index (χ1) is 12.4. The lowest BCUT2D eigenvalue weighted by atomic mass is 9.65. The van der Waals surface area contributed by atoms with Crippen molar-refractivity contribution >= 4 is 12.1 Å². The number of hydrogen-bond donors (Lipinski definition) is 1. The molecule has 4 atom stereocenters. The van der Waals surface area contributed by atoms with Crippen molar-refractivity contribution in [1.82, 2.24) is 5.01 Å². The van der Waals surface area contributed by atoms with Crippen LogP contribution in [0, 0.1) is 16.7 Å². The Hall–Kier alpha value is -2.24. The average Bonchev–Trinajstić information content (AvgIpc) is 3.08. The van der Waals surface area contributed by atoms with Gasteiger partial charge in [0.25, 0.3) is 0 Å². The lowest BCUT2D eigenvalue weighted by Gasteiger charge is -2.44. The fourth-order valence-corrected chi connectivity index (χ4v) is 6.16. The number of rotatable bonds is 3. The van der Waals surface area contributed by atoms with E-state index in [0.717, 1.165) is 36.4 Å². The number of fused-ring (bicyclic) bond motifs is 1. The molecule has 2 heterocycles. The first-order valence-corrected chi connectivity index (χ1v) is 9.42. The summed E-state index contributed by atoms with van der Waals surface area (Å²) in [5, 5.41) is 6.71. The van der Waals surface area contributed by atoms with Crippen LogP contribution in [0.3, 0.4) is 0 Å². The van der Waals surface area contributed by atoms with Crippen LogP contribution < -0.4 is 15.2 Å². The number of hydrogen-bond acceptors (Lipinski definition) is 5. The van der Waals surface area contributed by atoms with Crippen LogP contribution in [-0.2, 0) is 4.79 Å². The van der Waals surface area contributed by atoms with E-state index in [9.17, 15) is 4.79 Å². The minimum atomic E-state index is -0.658. The second kappa shape index (κ2) is 4.93. The molecule has 1 aromatic carbocycles. The van der Waals surface area contributed by atoms with E-state index < -0.39 is 5.54 Å². The summed E-state index contributed by atoms with van der Waals surface area (Å²) in [6.07, 6.45) is 4.88. The number of benzene rings is 1. The number of carbonyl (C=O) groups excluding carboxylic acids is 1. The summed E-state index contributed by atoms with van der Waals surface area (Å²) in [4.78, 5) is 12.6. The second-order valence-electron chi connectivity index (χ2n) is 8.62. The molecule has 0 radical (unpaired) electrons. The van der Waals surface area contributed by atoms with Crippen molar-refractivity contribution in [2.24, 2.45) is 27.6 Å². The van der Waals surface area contributed by atoms with E-state index in [0.29, 0.717) is 19.1 Å². The van der Waals surface area contributed by atoms with Gasteiger partial charge in [-0.2, -0.15) is 5.10 Å². The van der Waals surface area contributed by atoms with Crippen molar-refractivity contribution in [3.05, 3.63) is 23.8 Å². The van der Waals surface area contributed by atoms with E-state index in [-0.39, 0.29) is 16.7 Å². The standard InChI is InChI=1S/C20H25N3O3/c1-18-12-23(20(17(21)24)10-14(18)5-6-19(18,20)2)22-11-13-3-4-15-16(9-13)26-8-7-25-15/h3-4,9,11,14H,5-8,10,12H2,1-2H3,(H2,21,24)/b22-11-/t14-,18-,19+,20-/m1/s1. The van der Waals surface area contributed by atoms with Gasteiger partial charge in [-0.25, -0.2) is 0 Å². The zero-order valence-corrected chi connectivity index (χ0v) is 15.3. The van der Waals surface area contributed by atoms with E-state index in [1.807, 2.05) is 29.4 Å². The number of amides is 1. The highest BCUT2D eigenvalue weighted by atomic mass is 16.6. The molecular weight excluding hydrogens is 330 g/mol. The Morgan fingerprint density at radius 2 is 2.08 bits per heavy atom. The van der Waals surface area contributed by atoms with Gasteiger partial charge in [0.15, 0.2) is 11.5 Å². The van der Waals surface area contributed by atoms with Gasteiger partial charge in [0.1, 0.15) is 18.8 Å². The van der Waals surface area contributed by atoms with Crippen LogP contribution in [0.15, 0.2) is 23.3 Å². The minimum Gasteiger partial charge on any atom is -0.486 e. The third-order valence-corrected chi connectivity index (χ3v) is 7.85. The summed E-state index contributed by atoms with van der Waals surface area (Å²) >= 11 is 0. The van der Waals surface area contributed by atoms with E-state index >= 15 is 0 Å². The Bertz CT molecular complexity index is 825. The molecule has 1 amide bonds. The second-order valence-corrected chi connectivity index (χ2v) is 8.62. The summed E-state index contributed by atoms with van der Waals surface area (Å²) < 4.78 is 11.2. The van der Waals surface area contributed by atoms with Gasteiger partial charge in [-0.05, 0) is 54.4 Å². The highest BCUT2D eigenvalue weighted by Crippen LogP contribution is 2.75. The molecule has 6 nitrogen and oxygen atoms in total. The third-order valence-electron chi connectivity index (χ3n) is 7.85. The molecule has 4 bridgehead atoms. The molecule has 0 aromatic heterocycles. The maximum Gasteiger partial charge on any atom is 0.245 e. The molecule has 1 saturated heterocycles. The largest absolute Gasteiger partial charge is 0.486 e. The predicted octanol–water partition coefficient (Wildman–Crippen LogP) is 2.16. The topological polar surface area (TPSA) is 77.2 Å². The van der Waals surface area contributed by atoms with Gasteiger partial charge in [0, 0.05) is 12.0 Å². The highest BCUT2D eigenvalue weighted by molar-refractivity contribution is 5.88. The number of nitrogens with zero attached hydrogens (tertiary/aromatic N) is 2. The number of carbonyl (C=O) groups is 1. The lowest BCUT2D eigenvalue weighted by Crippen LogP contribution is -2.60. The Kier molecular flexibility index (Phi) is 3.03. The summed E-state index contributed by atoms with van der Waals surface area (Å²) in [6.45, 7) is 6.48. The Balaban J connectivity index is 1.48. The number of nitrogens with two attached hydrogens (primary N) is 1. The van der Waals surface area contributed by atoms with Gasteiger partial charge >= 0.3 is 0 Å².